The maximum absolute atomic E-state index is 9.25. The van der Waals surface area contributed by atoms with Crippen LogP contribution in [0.4, 0.5) is 5.82 Å². The zero-order valence-electron chi connectivity index (χ0n) is 14.0. The Hall–Kier alpha value is -1.87. The fourth-order valence-electron chi connectivity index (χ4n) is 3.58. The van der Waals surface area contributed by atoms with Crippen LogP contribution in [0.15, 0.2) is 6.07 Å². The molecule has 0 N–H and O–H groups in total. The molecule has 2 saturated heterocycles. The molecule has 1 aromatic rings. The van der Waals surface area contributed by atoms with Gasteiger partial charge in [0.15, 0.2) is 0 Å². The zero-order chi connectivity index (χ0) is 16.2. The lowest BCUT2D eigenvalue weighted by Gasteiger charge is -2.29. The fourth-order valence-corrected chi connectivity index (χ4v) is 3.58. The first kappa shape index (κ1) is 16.0. The molecule has 2 aliphatic rings. The van der Waals surface area contributed by atoms with Crippen molar-refractivity contribution in [2.75, 3.05) is 31.6 Å². The van der Waals surface area contributed by atoms with E-state index in [4.69, 9.17) is 4.74 Å². The fraction of sp³-hybridized carbons (Fsp3) is 0.706. The standard InChI is InChI=1S/C17H25N5O/c1-13(15-7-6-8-21(15)2)23-17-19-14(12-18)11-16(20-17)22-9-4-3-5-10-22/h11,13,15H,3-10H2,1-2H3/t13-,15-/m0/s1. The summed E-state index contributed by atoms with van der Waals surface area (Å²) in [6.07, 6.45) is 5.96. The Morgan fingerprint density at radius 1 is 1.22 bits per heavy atom. The molecule has 124 valence electrons. The van der Waals surface area contributed by atoms with Crippen LogP contribution in [0.25, 0.3) is 0 Å². The van der Waals surface area contributed by atoms with Crippen LogP contribution in [0.5, 0.6) is 6.01 Å². The molecular weight excluding hydrogens is 290 g/mol. The summed E-state index contributed by atoms with van der Waals surface area (Å²) in [5.41, 5.74) is 0.377. The van der Waals surface area contributed by atoms with Crippen LogP contribution in [-0.2, 0) is 0 Å². The number of rotatable bonds is 4. The van der Waals surface area contributed by atoms with E-state index in [-0.39, 0.29) is 6.10 Å². The molecule has 6 nitrogen and oxygen atoms in total. The van der Waals surface area contributed by atoms with E-state index < -0.39 is 0 Å². The van der Waals surface area contributed by atoms with E-state index in [1.807, 2.05) is 0 Å². The third-order valence-corrected chi connectivity index (χ3v) is 4.90. The first-order valence-corrected chi connectivity index (χ1v) is 8.58. The summed E-state index contributed by atoms with van der Waals surface area (Å²) in [5, 5.41) is 9.25. The number of likely N-dealkylation sites (tertiary alicyclic amines) is 1. The van der Waals surface area contributed by atoms with E-state index in [9.17, 15) is 5.26 Å². The van der Waals surface area contributed by atoms with E-state index in [1.54, 1.807) is 6.07 Å². The second-order valence-corrected chi connectivity index (χ2v) is 6.57. The third-order valence-electron chi connectivity index (χ3n) is 4.90. The second-order valence-electron chi connectivity index (χ2n) is 6.57. The molecule has 3 rings (SSSR count). The van der Waals surface area contributed by atoms with Gasteiger partial charge in [0.1, 0.15) is 23.7 Å². The number of nitriles is 1. The zero-order valence-corrected chi connectivity index (χ0v) is 14.0. The van der Waals surface area contributed by atoms with Crippen molar-refractivity contribution < 1.29 is 4.74 Å². The van der Waals surface area contributed by atoms with Gasteiger partial charge in [-0.05, 0) is 52.6 Å². The van der Waals surface area contributed by atoms with Crippen LogP contribution < -0.4 is 9.64 Å². The van der Waals surface area contributed by atoms with Crippen LogP contribution in [0, 0.1) is 11.3 Å². The summed E-state index contributed by atoms with van der Waals surface area (Å²) >= 11 is 0. The summed E-state index contributed by atoms with van der Waals surface area (Å²) in [6.45, 7) is 5.15. The molecule has 0 amide bonds. The highest BCUT2D eigenvalue weighted by Gasteiger charge is 2.28. The molecule has 0 unspecified atom stereocenters. The SMILES string of the molecule is C[C@H](Oc1nc(C#N)cc(N2CCCCC2)n1)[C@@H]1CCCN1C. The molecule has 0 saturated carbocycles. The number of anilines is 1. The Bertz CT molecular complexity index is 579. The van der Waals surface area contributed by atoms with Crippen molar-refractivity contribution in [1.82, 2.24) is 14.9 Å². The van der Waals surface area contributed by atoms with Crippen molar-refractivity contribution in [2.24, 2.45) is 0 Å². The topological polar surface area (TPSA) is 65.3 Å². The minimum atomic E-state index is 0.0191. The first-order valence-electron chi connectivity index (χ1n) is 8.58. The number of likely N-dealkylation sites (N-methyl/N-ethyl adjacent to an activating group) is 1. The maximum Gasteiger partial charge on any atom is 0.319 e. The summed E-state index contributed by atoms with van der Waals surface area (Å²) in [6, 6.07) is 4.62. The van der Waals surface area contributed by atoms with Crippen LogP contribution in [0.1, 0.15) is 44.7 Å². The van der Waals surface area contributed by atoms with Crippen LogP contribution in [-0.4, -0.2) is 53.7 Å². The van der Waals surface area contributed by atoms with E-state index in [1.165, 1.54) is 25.7 Å². The first-order chi connectivity index (χ1) is 11.2. The van der Waals surface area contributed by atoms with E-state index >= 15 is 0 Å². The smallest absolute Gasteiger partial charge is 0.319 e. The van der Waals surface area contributed by atoms with Gasteiger partial charge in [0.25, 0.3) is 0 Å². The monoisotopic (exact) mass is 315 g/mol. The van der Waals surface area contributed by atoms with Gasteiger partial charge in [-0.25, -0.2) is 0 Å². The minimum absolute atomic E-state index is 0.0191. The molecular formula is C17H25N5O. The quantitative estimate of drug-likeness (QED) is 0.848. The van der Waals surface area contributed by atoms with Gasteiger partial charge in [-0.3, -0.25) is 4.90 Å². The average molecular weight is 315 g/mol. The van der Waals surface area contributed by atoms with Crippen LogP contribution in [0.2, 0.25) is 0 Å². The van der Waals surface area contributed by atoms with Gasteiger partial charge < -0.3 is 9.64 Å². The largest absolute Gasteiger partial charge is 0.459 e. The van der Waals surface area contributed by atoms with E-state index in [0.717, 1.165) is 31.9 Å². The number of hydrogen-bond acceptors (Lipinski definition) is 6. The van der Waals surface area contributed by atoms with Gasteiger partial charge >= 0.3 is 6.01 Å². The van der Waals surface area contributed by atoms with Gasteiger partial charge in [-0.1, -0.05) is 0 Å². The molecule has 0 radical (unpaired) electrons. The van der Waals surface area contributed by atoms with Crippen LogP contribution >= 0.6 is 0 Å². The normalized spacial score (nSPS) is 23.5. The molecule has 3 heterocycles. The van der Waals surface area contributed by atoms with Crippen molar-refractivity contribution in [2.45, 2.75) is 51.2 Å². The molecule has 2 aliphatic heterocycles. The Morgan fingerprint density at radius 3 is 2.65 bits per heavy atom. The molecule has 2 fully saturated rings. The van der Waals surface area contributed by atoms with Crippen molar-refractivity contribution in [3.8, 4) is 12.1 Å². The van der Waals surface area contributed by atoms with Gasteiger partial charge in [0.2, 0.25) is 0 Å². The van der Waals surface area contributed by atoms with E-state index in [2.05, 4.69) is 39.8 Å². The number of aromatic nitrogens is 2. The van der Waals surface area contributed by atoms with Gasteiger partial charge in [-0.15, -0.1) is 0 Å². The molecule has 2 atom stereocenters. The summed E-state index contributed by atoms with van der Waals surface area (Å²) in [5.74, 6) is 0.818. The Morgan fingerprint density at radius 2 is 2.00 bits per heavy atom. The highest BCUT2D eigenvalue weighted by atomic mass is 16.5. The number of piperidine rings is 1. The van der Waals surface area contributed by atoms with E-state index in [0.29, 0.717) is 17.7 Å². The van der Waals surface area contributed by atoms with Crippen molar-refractivity contribution in [3.05, 3.63) is 11.8 Å². The summed E-state index contributed by atoms with van der Waals surface area (Å²) < 4.78 is 6.00. The number of hydrogen-bond donors (Lipinski definition) is 0. The summed E-state index contributed by atoms with van der Waals surface area (Å²) in [4.78, 5) is 13.4. The highest BCUT2D eigenvalue weighted by Crippen LogP contribution is 2.24. The lowest BCUT2D eigenvalue weighted by atomic mass is 10.1. The summed E-state index contributed by atoms with van der Waals surface area (Å²) in [7, 11) is 2.13. The predicted molar refractivity (Wildman–Crippen MR) is 88.6 cm³/mol. The molecule has 0 aromatic carbocycles. The van der Waals surface area contributed by atoms with Gasteiger partial charge in [-0.2, -0.15) is 15.2 Å². The van der Waals surface area contributed by atoms with Crippen LogP contribution in [0.3, 0.4) is 0 Å². The van der Waals surface area contributed by atoms with Crippen molar-refractivity contribution in [1.29, 1.82) is 5.26 Å². The van der Waals surface area contributed by atoms with Crippen molar-refractivity contribution >= 4 is 5.82 Å². The molecule has 6 heteroatoms. The third kappa shape index (κ3) is 3.73. The average Bonchev–Trinajstić information content (AvgIpc) is 3.01. The Labute approximate surface area is 138 Å². The second kappa shape index (κ2) is 7.14. The molecule has 0 bridgehead atoms. The highest BCUT2D eigenvalue weighted by molar-refractivity contribution is 5.44. The Balaban J connectivity index is 1.76. The number of ether oxygens (including phenoxy) is 1. The Kier molecular flexibility index (Phi) is 4.97. The molecule has 0 spiro atoms. The van der Waals surface area contributed by atoms with Gasteiger partial charge in [0, 0.05) is 25.2 Å². The molecule has 23 heavy (non-hydrogen) atoms. The van der Waals surface area contributed by atoms with Gasteiger partial charge in [0.05, 0.1) is 0 Å². The number of nitrogens with zero attached hydrogens (tertiary/aromatic N) is 5. The molecule has 1 aromatic heterocycles. The maximum atomic E-state index is 9.25. The molecule has 0 aliphatic carbocycles. The lowest BCUT2D eigenvalue weighted by Crippen LogP contribution is -2.38. The lowest BCUT2D eigenvalue weighted by molar-refractivity contribution is 0.112. The minimum Gasteiger partial charge on any atom is -0.459 e. The predicted octanol–water partition coefficient (Wildman–Crippen LogP) is 2.20. The van der Waals surface area contributed by atoms with Crippen molar-refractivity contribution in [3.63, 3.8) is 0 Å².